The first-order chi connectivity index (χ1) is 6.52. The molecule has 0 aliphatic carbocycles. The average molecular weight is 212 g/mol. The van der Waals surface area contributed by atoms with Gasteiger partial charge in [0.1, 0.15) is 0 Å². The van der Waals surface area contributed by atoms with Crippen LogP contribution in [0.4, 0.5) is 0 Å². The summed E-state index contributed by atoms with van der Waals surface area (Å²) in [6, 6.07) is 2.01. The van der Waals surface area contributed by atoms with E-state index in [0.29, 0.717) is 19.4 Å². The molecule has 1 saturated heterocycles. The van der Waals surface area contributed by atoms with Gasteiger partial charge in [-0.05, 0) is 36.2 Å². The van der Waals surface area contributed by atoms with E-state index in [-0.39, 0.29) is 5.60 Å². The molecule has 0 radical (unpaired) electrons. The molecule has 0 aromatic carbocycles. The zero-order chi connectivity index (χ0) is 10.2. The van der Waals surface area contributed by atoms with Gasteiger partial charge in [0.05, 0.1) is 17.8 Å². The van der Waals surface area contributed by atoms with Gasteiger partial charge in [0.25, 0.3) is 0 Å². The van der Waals surface area contributed by atoms with Gasteiger partial charge in [-0.25, -0.2) is 0 Å². The van der Waals surface area contributed by atoms with Crippen molar-refractivity contribution in [2.75, 3.05) is 6.61 Å². The normalized spacial score (nSPS) is 31.6. The van der Waals surface area contributed by atoms with E-state index < -0.39 is 5.60 Å². The molecule has 14 heavy (non-hydrogen) atoms. The van der Waals surface area contributed by atoms with E-state index in [1.165, 1.54) is 0 Å². The van der Waals surface area contributed by atoms with Gasteiger partial charge in [-0.3, -0.25) is 0 Å². The van der Waals surface area contributed by atoms with Crippen LogP contribution in [0.1, 0.15) is 32.3 Å². The number of thiophene rings is 1. The Labute approximate surface area is 88.5 Å². The Hall–Kier alpha value is -0.380. The van der Waals surface area contributed by atoms with Gasteiger partial charge in [-0.2, -0.15) is 11.3 Å². The van der Waals surface area contributed by atoms with Crippen LogP contribution in [0.15, 0.2) is 16.8 Å². The maximum absolute atomic E-state index is 10.5. The molecule has 0 amide bonds. The summed E-state index contributed by atoms with van der Waals surface area (Å²) in [6.45, 7) is 4.70. The van der Waals surface area contributed by atoms with Crippen molar-refractivity contribution < 1.29 is 9.84 Å². The van der Waals surface area contributed by atoms with Crippen molar-refractivity contribution >= 4 is 11.3 Å². The van der Waals surface area contributed by atoms with E-state index in [2.05, 4.69) is 0 Å². The lowest BCUT2D eigenvalue weighted by Crippen LogP contribution is -2.43. The lowest BCUT2D eigenvalue weighted by Gasteiger charge is -2.41. The second-order valence-corrected chi connectivity index (χ2v) is 5.36. The van der Waals surface area contributed by atoms with Crippen LogP contribution >= 0.6 is 11.3 Å². The Balaban J connectivity index is 2.24. The van der Waals surface area contributed by atoms with Crippen molar-refractivity contribution in [3.8, 4) is 0 Å². The summed E-state index contributed by atoms with van der Waals surface area (Å²) < 4.78 is 5.60. The fraction of sp³-hybridized carbons (Fsp3) is 0.636. The molecule has 0 spiro atoms. The highest BCUT2D eigenvalue weighted by Gasteiger charge is 2.40. The van der Waals surface area contributed by atoms with Crippen LogP contribution in [0.5, 0.6) is 0 Å². The third kappa shape index (κ3) is 1.85. The maximum atomic E-state index is 10.5. The highest BCUT2D eigenvalue weighted by atomic mass is 32.1. The number of ether oxygens (including phenoxy) is 1. The van der Waals surface area contributed by atoms with Gasteiger partial charge in [-0.1, -0.05) is 0 Å². The minimum absolute atomic E-state index is 0.213. The predicted octanol–water partition coefficient (Wildman–Crippen LogP) is 2.52. The zero-order valence-electron chi connectivity index (χ0n) is 8.62. The molecule has 78 valence electrons. The summed E-state index contributed by atoms with van der Waals surface area (Å²) >= 11 is 1.63. The standard InChI is InChI=1S/C11H16O2S/c1-10(2)8-11(12,4-5-13-10)9-3-6-14-7-9/h3,6-7,12H,4-5,8H2,1-2H3. The minimum atomic E-state index is -0.679. The molecule has 2 rings (SSSR count). The van der Waals surface area contributed by atoms with Gasteiger partial charge in [0.15, 0.2) is 0 Å². The summed E-state index contributed by atoms with van der Waals surface area (Å²) in [7, 11) is 0. The average Bonchev–Trinajstić information content (AvgIpc) is 2.52. The molecule has 1 unspecified atom stereocenters. The van der Waals surface area contributed by atoms with Crippen LogP contribution in [0.25, 0.3) is 0 Å². The first-order valence-corrected chi connectivity index (χ1v) is 5.85. The van der Waals surface area contributed by atoms with E-state index in [0.717, 1.165) is 5.56 Å². The van der Waals surface area contributed by atoms with Crippen LogP contribution in [0, 0.1) is 0 Å². The van der Waals surface area contributed by atoms with E-state index in [1.54, 1.807) is 11.3 Å². The van der Waals surface area contributed by atoms with Crippen LogP contribution in [0.2, 0.25) is 0 Å². The number of hydrogen-bond donors (Lipinski definition) is 1. The topological polar surface area (TPSA) is 29.5 Å². The quantitative estimate of drug-likeness (QED) is 0.775. The fourth-order valence-corrected chi connectivity index (χ4v) is 2.86. The third-order valence-electron chi connectivity index (χ3n) is 2.79. The maximum Gasteiger partial charge on any atom is 0.0953 e. The van der Waals surface area contributed by atoms with E-state index >= 15 is 0 Å². The molecule has 2 heterocycles. The summed E-state index contributed by atoms with van der Waals surface area (Å²) in [4.78, 5) is 0. The van der Waals surface area contributed by atoms with Crippen molar-refractivity contribution in [1.29, 1.82) is 0 Å². The first-order valence-electron chi connectivity index (χ1n) is 4.91. The van der Waals surface area contributed by atoms with E-state index in [4.69, 9.17) is 4.74 Å². The van der Waals surface area contributed by atoms with Crippen LogP contribution in [-0.2, 0) is 10.3 Å². The van der Waals surface area contributed by atoms with Crippen LogP contribution in [0.3, 0.4) is 0 Å². The Morgan fingerprint density at radius 3 is 2.86 bits per heavy atom. The minimum Gasteiger partial charge on any atom is -0.385 e. The van der Waals surface area contributed by atoms with Crippen molar-refractivity contribution in [3.05, 3.63) is 22.4 Å². The molecule has 1 aromatic heterocycles. The second kappa shape index (κ2) is 3.33. The second-order valence-electron chi connectivity index (χ2n) is 4.58. The first kappa shape index (κ1) is 10.1. The Morgan fingerprint density at radius 1 is 1.50 bits per heavy atom. The molecular weight excluding hydrogens is 196 g/mol. The molecule has 1 aliphatic heterocycles. The lowest BCUT2D eigenvalue weighted by atomic mass is 9.80. The molecule has 1 aromatic rings. The third-order valence-corrected chi connectivity index (χ3v) is 3.47. The Bertz CT molecular complexity index is 305. The van der Waals surface area contributed by atoms with Gasteiger partial charge < -0.3 is 9.84 Å². The molecule has 1 aliphatic rings. The molecule has 2 nitrogen and oxygen atoms in total. The highest BCUT2D eigenvalue weighted by molar-refractivity contribution is 7.08. The van der Waals surface area contributed by atoms with Crippen LogP contribution < -0.4 is 0 Å². The lowest BCUT2D eigenvalue weighted by molar-refractivity contribution is -0.148. The summed E-state index contributed by atoms with van der Waals surface area (Å²) in [5.41, 5.74) is 0.148. The highest BCUT2D eigenvalue weighted by Crippen LogP contribution is 2.39. The number of aliphatic hydroxyl groups is 1. The molecule has 1 fully saturated rings. The fourth-order valence-electron chi connectivity index (χ4n) is 2.12. The Kier molecular flexibility index (Phi) is 2.41. The van der Waals surface area contributed by atoms with Crippen molar-refractivity contribution in [2.24, 2.45) is 0 Å². The van der Waals surface area contributed by atoms with E-state index in [1.807, 2.05) is 30.7 Å². The number of rotatable bonds is 1. The van der Waals surface area contributed by atoms with Crippen LogP contribution in [-0.4, -0.2) is 17.3 Å². The molecule has 1 atom stereocenters. The van der Waals surface area contributed by atoms with E-state index in [9.17, 15) is 5.11 Å². The zero-order valence-corrected chi connectivity index (χ0v) is 9.43. The summed E-state index contributed by atoms with van der Waals surface area (Å²) in [6.07, 6.45) is 1.38. The van der Waals surface area contributed by atoms with Crippen molar-refractivity contribution in [1.82, 2.24) is 0 Å². The summed E-state index contributed by atoms with van der Waals surface area (Å²) in [5, 5.41) is 14.5. The smallest absolute Gasteiger partial charge is 0.0953 e. The van der Waals surface area contributed by atoms with Gasteiger partial charge in [-0.15, -0.1) is 0 Å². The SMILES string of the molecule is CC1(C)CC(O)(c2ccsc2)CCO1. The molecule has 0 saturated carbocycles. The summed E-state index contributed by atoms with van der Waals surface area (Å²) in [5.74, 6) is 0. The van der Waals surface area contributed by atoms with Crippen molar-refractivity contribution in [2.45, 2.75) is 37.9 Å². The molecular formula is C11H16O2S. The van der Waals surface area contributed by atoms with Gasteiger partial charge >= 0.3 is 0 Å². The molecule has 0 bridgehead atoms. The largest absolute Gasteiger partial charge is 0.385 e. The Morgan fingerprint density at radius 2 is 2.29 bits per heavy atom. The molecule has 3 heteroatoms. The monoisotopic (exact) mass is 212 g/mol. The van der Waals surface area contributed by atoms with Gasteiger partial charge in [0, 0.05) is 12.8 Å². The molecule has 1 N–H and O–H groups in total. The predicted molar refractivity (Wildman–Crippen MR) is 57.5 cm³/mol. The number of hydrogen-bond acceptors (Lipinski definition) is 3. The van der Waals surface area contributed by atoms with Gasteiger partial charge in [0.2, 0.25) is 0 Å². The van der Waals surface area contributed by atoms with Crippen molar-refractivity contribution in [3.63, 3.8) is 0 Å².